The monoisotopic (exact) mass is 531 g/mol. The first-order valence-corrected chi connectivity index (χ1v) is 12.2. The van der Waals surface area contributed by atoms with E-state index in [1.54, 1.807) is 36.9 Å². The second kappa shape index (κ2) is 9.82. The van der Waals surface area contributed by atoms with E-state index < -0.39 is 17.7 Å². The molecule has 0 atom stereocenters. The Hall–Kier alpha value is -4.81. The number of rotatable bonds is 5. The van der Waals surface area contributed by atoms with Gasteiger partial charge in [-0.25, -0.2) is 24.5 Å². The Morgan fingerprint density at radius 3 is 2.56 bits per heavy atom. The largest absolute Gasteiger partial charge is 0.464 e. The lowest BCUT2D eigenvalue weighted by molar-refractivity contribution is 0.0240. The zero-order valence-electron chi connectivity index (χ0n) is 22.6. The van der Waals surface area contributed by atoms with E-state index in [1.165, 1.54) is 7.11 Å². The van der Waals surface area contributed by atoms with Crippen molar-refractivity contribution in [2.24, 2.45) is 7.05 Å². The van der Waals surface area contributed by atoms with Gasteiger partial charge in [-0.3, -0.25) is 14.9 Å². The standard InChI is InChI=1S/C26H29N9O4/c1-26(2,3)39-25(37)35-11-14-7-15(8-29-17(14)12-35)31-23-21(24(36)38-6)32-20(22(27-4)33-23)16-9-28-10-18-19(16)30-13-34(18)5/h7-10,13H,11-12H2,1-6H3,(H2,27,31,33). The predicted octanol–water partition coefficient (Wildman–Crippen LogP) is 3.64. The van der Waals surface area contributed by atoms with Crippen molar-refractivity contribution in [1.82, 2.24) is 34.4 Å². The number of nitrogens with one attached hydrogen (secondary N) is 2. The Balaban J connectivity index is 1.49. The number of aromatic nitrogens is 6. The Bertz CT molecular complexity index is 1590. The smallest absolute Gasteiger partial charge is 0.410 e. The molecular weight excluding hydrogens is 502 g/mol. The quantitative estimate of drug-likeness (QED) is 0.363. The number of ether oxygens (including phenoxy) is 2. The summed E-state index contributed by atoms with van der Waals surface area (Å²) in [6.45, 7) is 6.18. The Morgan fingerprint density at radius 2 is 1.85 bits per heavy atom. The summed E-state index contributed by atoms with van der Waals surface area (Å²) >= 11 is 0. The summed E-state index contributed by atoms with van der Waals surface area (Å²) in [5, 5.41) is 6.20. The summed E-state index contributed by atoms with van der Waals surface area (Å²) in [5.41, 5.74) is 4.09. The number of fused-ring (bicyclic) bond motifs is 2. The van der Waals surface area contributed by atoms with Gasteiger partial charge in [0.15, 0.2) is 17.3 Å². The number of esters is 1. The lowest BCUT2D eigenvalue weighted by Gasteiger charge is -2.23. The molecule has 0 radical (unpaired) electrons. The van der Waals surface area contributed by atoms with Gasteiger partial charge in [0.2, 0.25) is 0 Å². The van der Waals surface area contributed by atoms with Crippen LogP contribution in [-0.4, -0.2) is 66.2 Å². The van der Waals surface area contributed by atoms with E-state index in [4.69, 9.17) is 9.47 Å². The minimum atomic E-state index is -0.666. The molecule has 39 heavy (non-hydrogen) atoms. The van der Waals surface area contributed by atoms with Crippen LogP contribution in [0.3, 0.4) is 0 Å². The number of hydrogen-bond donors (Lipinski definition) is 2. The van der Waals surface area contributed by atoms with Gasteiger partial charge in [0.25, 0.3) is 0 Å². The summed E-state index contributed by atoms with van der Waals surface area (Å²) in [4.78, 5) is 49.5. The minimum absolute atomic E-state index is 0.0182. The van der Waals surface area contributed by atoms with Gasteiger partial charge in [0.1, 0.15) is 16.8 Å². The molecule has 0 bridgehead atoms. The molecule has 4 aromatic rings. The van der Waals surface area contributed by atoms with Crippen molar-refractivity contribution < 1.29 is 19.1 Å². The van der Waals surface area contributed by atoms with Crippen LogP contribution in [0.2, 0.25) is 0 Å². The average Bonchev–Trinajstić information content (AvgIpc) is 3.50. The first-order chi connectivity index (χ1) is 18.6. The van der Waals surface area contributed by atoms with Gasteiger partial charge >= 0.3 is 12.1 Å². The van der Waals surface area contributed by atoms with Gasteiger partial charge in [-0.1, -0.05) is 0 Å². The molecule has 0 spiro atoms. The van der Waals surface area contributed by atoms with Crippen LogP contribution < -0.4 is 10.6 Å². The van der Waals surface area contributed by atoms with E-state index in [1.807, 2.05) is 38.5 Å². The first kappa shape index (κ1) is 25.8. The number of nitrogens with zero attached hydrogens (tertiary/aromatic N) is 7. The Kier molecular flexibility index (Phi) is 6.50. The van der Waals surface area contributed by atoms with Crippen molar-refractivity contribution in [2.75, 3.05) is 24.8 Å². The fraction of sp³-hybridized carbons (Fsp3) is 0.346. The lowest BCUT2D eigenvalue weighted by atomic mass is 10.1. The van der Waals surface area contributed by atoms with E-state index >= 15 is 0 Å². The van der Waals surface area contributed by atoms with Crippen LogP contribution in [-0.2, 0) is 29.6 Å². The third-order valence-corrected chi connectivity index (χ3v) is 6.08. The maximum atomic E-state index is 12.8. The van der Waals surface area contributed by atoms with Crippen molar-refractivity contribution in [1.29, 1.82) is 0 Å². The summed E-state index contributed by atoms with van der Waals surface area (Å²) in [6, 6.07) is 1.86. The average molecular weight is 532 g/mol. The summed E-state index contributed by atoms with van der Waals surface area (Å²) in [5.74, 6) is -0.0737. The normalized spacial score (nSPS) is 12.8. The maximum absolute atomic E-state index is 12.8. The predicted molar refractivity (Wildman–Crippen MR) is 143 cm³/mol. The van der Waals surface area contributed by atoms with E-state index in [2.05, 4.69) is 35.6 Å². The summed E-state index contributed by atoms with van der Waals surface area (Å²) in [6.07, 6.45) is 6.24. The number of carbonyl (C=O) groups excluding carboxylic acids is 2. The number of methoxy groups -OCH3 is 1. The number of aryl methyl sites for hydroxylation is 1. The third-order valence-electron chi connectivity index (χ3n) is 6.08. The molecule has 2 N–H and O–H groups in total. The van der Waals surface area contributed by atoms with Crippen LogP contribution in [0.25, 0.3) is 22.3 Å². The molecule has 1 aliphatic rings. The molecule has 13 heteroatoms. The van der Waals surface area contributed by atoms with Gasteiger partial charge < -0.3 is 24.7 Å². The van der Waals surface area contributed by atoms with Crippen molar-refractivity contribution >= 4 is 40.4 Å². The highest BCUT2D eigenvalue weighted by Crippen LogP contribution is 2.33. The third kappa shape index (κ3) is 5.02. The van der Waals surface area contributed by atoms with Crippen molar-refractivity contribution in [3.63, 3.8) is 0 Å². The van der Waals surface area contributed by atoms with Crippen LogP contribution in [0.4, 0.5) is 22.1 Å². The lowest BCUT2D eigenvalue weighted by Crippen LogP contribution is -2.33. The van der Waals surface area contributed by atoms with E-state index in [9.17, 15) is 9.59 Å². The van der Waals surface area contributed by atoms with Gasteiger partial charge in [-0.15, -0.1) is 0 Å². The zero-order chi connectivity index (χ0) is 27.9. The maximum Gasteiger partial charge on any atom is 0.410 e. The topological polar surface area (TPSA) is 149 Å². The molecule has 0 aromatic carbocycles. The molecular formula is C26H29N9O4. The van der Waals surface area contributed by atoms with Gasteiger partial charge in [-0.05, 0) is 32.4 Å². The number of carbonyl (C=O) groups is 2. The fourth-order valence-electron chi connectivity index (χ4n) is 4.26. The highest BCUT2D eigenvalue weighted by Gasteiger charge is 2.29. The van der Waals surface area contributed by atoms with Crippen molar-refractivity contribution in [3.8, 4) is 11.3 Å². The molecule has 1 aliphatic heterocycles. The SMILES string of the molecule is CNc1nc(Nc2cnc3c(c2)CN(C(=O)OC(C)(C)C)C3)c(C(=O)OC)nc1-c1cncc2c1ncn2C. The Morgan fingerprint density at radius 1 is 1.05 bits per heavy atom. The van der Waals surface area contributed by atoms with E-state index in [-0.39, 0.29) is 11.5 Å². The molecule has 5 heterocycles. The molecule has 0 unspecified atom stereocenters. The van der Waals surface area contributed by atoms with Gasteiger partial charge in [-0.2, -0.15) is 0 Å². The first-order valence-electron chi connectivity index (χ1n) is 12.2. The second-order valence-corrected chi connectivity index (χ2v) is 10.1. The summed E-state index contributed by atoms with van der Waals surface area (Å²) < 4.78 is 12.4. The number of imidazole rings is 1. The molecule has 13 nitrogen and oxygen atoms in total. The van der Waals surface area contributed by atoms with Crippen LogP contribution >= 0.6 is 0 Å². The molecule has 202 valence electrons. The molecule has 0 saturated heterocycles. The van der Waals surface area contributed by atoms with Gasteiger partial charge in [0.05, 0.1) is 61.4 Å². The molecule has 0 aliphatic carbocycles. The number of pyridine rings is 2. The van der Waals surface area contributed by atoms with E-state index in [0.29, 0.717) is 41.4 Å². The number of anilines is 3. The minimum Gasteiger partial charge on any atom is -0.464 e. The van der Waals surface area contributed by atoms with E-state index in [0.717, 1.165) is 16.8 Å². The molecule has 0 fully saturated rings. The fourth-order valence-corrected chi connectivity index (χ4v) is 4.26. The second-order valence-electron chi connectivity index (χ2n) is 10.1. The number of amides is 1. The zero-order valence-corrected chi connectivity index (χ0v) is 22.6. The molecule has 5 rings (SSSR count). The van der Waals surface area contributed by atoms with Crippen LogP contribution in [0.1, 0.15) is 42.5 Å². The highest BCUT2D eigenvalue weighted by atomic mass is 16.6. The molecule has 1 amide bonds. The van der Waals surface area contributed by atoms with Gasteiger partial charge in [0, 0.05) is 20.3 Å². The Labute approximate surface area is 224 Å². The van der Waals surface area contributed by atoms with Crippen LogP contribution in [0.15, 0.2) is 31.0 Å². The van der Waals surface area contributed by atoms with Crippen molar-refractivity contribution in [2.45, 2.75) is 39.5 Å². The van der Waals surface area contributed by atoms with Crippen LogP contribution in [0, 0.1) is 0 Å². The number of hydrogen-bond acceptors (Lipinski definition) is 11. The molecule has 4 aromatic heterocycles. The highest BCUT2D eigenvalue weighted by molar-refractivity contribution is 5.98. The summed E-state index contributed by atoms with van der Waals surface area (Å²) in [7, 11) is 4.86. The van der Waals surface area contributed by atoms with Crippen molar-refractivity contribution in [3.05, 3.63) is 47.9 Å². The van der Waals surface area contributed by atoms with Crippen LogP contribution in [0.5, 0.6) is 0 Å². The molecule has 0 saturated carbocycles.